The van der Waals surface area contributed by atoms with E-state index in [0.29, 0.717) is 31.1 Å². The standard InChI is InChI=1S/C26H41FN4O5/c1-28-17-23(15-19-5-4-12-35-13-9-19)30-25(32)31-11-3-7-21(18-31)24(36-14-10-29-26(33)34)20-6-2-8-22(27)16-20/h2,6,8,16,19,21,23-24,28-29H,3-5,7,9-15,17-18H2,1H3,(H,30,32)(H,33,34). The summed E-state index contributed by atoms with van der Waals surface area (Å²) in [5.74, 6) is 0.150. The highest BCUT2D eigenvalue weighted by molar-refractivity contribution is 5.74. The number of carboxylic acid groups (broad SMARTS) is 1. The van der Waals surface area contributed by atoms with Gasteiger partial charge in [-0.25, -0.2) is 14.0 Å². The molecule has 2 saturated heterocycles. The molecule has 4 N–H and O–H groups in total. The van der Waals surface area contributed by atoms with E-state index < -0.39 is 12.2 Å². The van der Waals surface area contributed by atoms with Gasteiger partial charge in [-0.2, -0.15) is 0 Å². The number of carbonyl (C=O) groups excluding carboxylic acids is 1. The van der Waals surface area contributed by atoms with Crippen LogP contribution in [0.15, 0.2) is 24.3 Å². The Bertz CT molecular complexity index is 821. The molecule has 0 aliphatic carbocycles. The maximum Gasteiger partial charge on any atom is 0.404 e. The molecule has 10 heteroatoms. The van der Waals surface area contributed by atoms with Gasteiger partial charge >= 0.3 is 12.1 Å². The fraction of sp³-hybridized carbons (Fsp3) is 0.692. The molecule has 0 aromatic heterocycles. The zero-order valence-electron chi connectivity index (χ0n) is 21.2. The summed E-state index contributed by atoms with van der Waals surface area (Å²) in [4.78, 5) is 25.9. The number of piperidine rings is 1. The van der Waals surface area contributed by atoms with Crippen molar-refractivity contribution in [3.63, 3.8) is 0 Å². The number of amides is 3. The van der Waals surface area contributed by atoms with Crippen LogP contribution in [0.5, 0.6) is 0 Å². The first-order valence-corrected chi connectivity index (χ1v) is 13.1. The first-order chi connectivity index (χ1) is 17.5. The molecule has 1 aromatic rings. The van der Waals surface area contributed by atoms with E-state index in [9.17, 15) is 14.0 Å². The van der Waals surface area contributed by atoms with E-state index in [1.165, 1.54) is 12.1 Å². The van der Waals surface area contributed by atoms with Crippen LogP contribution in [-0.4, -0.2) is 81.2 Å². The number of hydrogen-bond donors (Lipinski definition) is 4. The summed E-state index contributed by atoms with van der Waals surface area (Å²) in [6.07, 6.45) is 4.20. The van der Waals surface area contributed by atoms with Gasteiger partial charge in [0, 0.05) is 51.4 Å². The maximum absolute atomic E-state index is 14.0. The minimum absolute atomic E-state index is 0.0297. The first-order valence-electron chi connectivity index (χ1n) is 13.1. The van der Waals surface area contributed by atoms with Gasteiger partial charge in [-0.3, -0.25) is 0 Å². The fourth-order valence-corrected chi connectivity index (χ4v) is 5.29. The third kappa shape index (κ3) is 9.22. The summed E-state index contributed by atoms with van der Waals surface area (Å²) in [6, 6.07) is 6.24. The smallest absolute Gasteiger partial charge is 0.404 e. The van der Waals surface area contributed by atoms with Crippen molar-refractivity contribution < 1.29 is 28.6 Å². The average Bonchev–Trinajstić information content (AvgIpc) is 3.13. The number of nitrogens with zero attached hydrogens (tertiary/aromatic N) is 1. The molecule has 2 fully saturated rings. The average molecular weight is 509 g/mol. The molecule has 4 unspecified atom stereocenters. The van der Waals surface area contributed by atoms with E-state index in [-0.39, 0.29) is 37.0 Å². The highest BCUT2D eigenvalue weighted by Gasteiger charge is 2.32. The first kappa shape index (κ1) is 28.1. The van der Waals surface area contributed by atoms with Gasteiger partial charge in [0.15, 0.2) is 0 Å². The third-order valence-corrected chi connectivity index (χ3v) is 6.99. The molecule has 0 saturated carbocycles. The Morgan fingerprint density at radius 1 is 1.25 bits per heavy atom. The third-order valence-electron chi connectivity index (χ3n) is 6.99. The lowest BCUT2D eigenvalue weighted by Gasteiger charge is -2.38. The lowest BCUT2D eigenvalue weighted by Crippen LogP contribution is -2.52. The summed E-state index contributed by atoms with van der Waals surface area (Å²) >= 11 is 0. The van der Waals surface area contributed by atoms with Crippen LogP contribution in [0, 0.1) is 17.7 Å². The molecule has 9 nitrogen and oxygen atoms in total. The Kier molecular flexibility index (Phi) is 11.7. The summed E-state index contributed by atoms with van der Waals surface area (Å²) < 4.78 is 25.6. The van der Waals surface area contributed by atoms with Crippen LogP contribution in [0.4, 0.5) is 14.0 Å². The van der Waals surface area contributed by atoms with Crippen molar-refractivity contribution >= 4 is 12.1 Å². The molecule has 2 aliphatic heterocycles. The fourth-order valence-electron chi connectivity index (χ4n) is 5.29. The summed E-state index contributed by atoms with van der Waals surface area (Å²) in [5.41, 5.74) is 0.696. The minimum Gasteiger partial charge on any atom is -0.465 e. The van der Waals surface area contributed by atoms with Crippen molar-refractivity contribution in [3.05, 3.63) is 35.6 Å². The Morgan fingerprint density at radius 2 is 2.11 bits per heavy atom. The van der Waals surface area contributed by atoms with Gasteiger partial charge in [0.05, 0.1) is 12.7 Å². The normalized spacial score (nSPS) is 22.3. The maximum atomic E-state index is 14.0. The van der Waals surface area contributed by atoms with Crippen molar-refractivity contribution in [2.45, 2.75) is 50.7 Å². The minimum atomic E-state index is -1.12. The molecule has 4 atom stereocenters. The van der Waals surface area contributed by atoms with Gasteiger partial charge < -0.3 is 35.4 Å². The van der Waals surface area contributed by atoms with Crippen molar-refractivity contribution in [2.24, 2.45) is 11.8 Å². The number of likely N-dealkylation sites (tertiary alicyclic amines) is 1. The van der Waals surface area contributed by atoms with Crippen LogP contribution in [0.25, 0.3) is 0 Å². The molecular weight excluding hydrogens is 467 g/mol. The number of likely N-dealkylation sites (N-methyl/N-ethyl adjacent to an activating group) is 1. The van der Waals surface area contributed by atoms with E-state index >= 15 is 0 Å². The highest BCUT2D eigenvalue weighted by Crippen LogP contribution is 2.33. The van der Waals surface area contributed by atoms with E-state index in [1.54, 1.807) is 6.07 Å². The van der Waals surface area contributed by atoms with E-state index in [1.807, 2.05) is 18.0 Å². The van der Waals surface area contributed by atoms with Crippen molar-refractivity contribution in [3.8, 4) is 0 Å². The lowest BCUT2D eigenvalue weighted by molar-refractivity contribution is -0.00866. The Labute approximate surface area is 213 Å². The second-order valence-corrected chi connectivity index (χ2v) is 9.78. The van der Waals surface area contributed by atoms with Crippen LogP contribution in [0.3, 0.4) is 0 Å². The van der Waals surface area contributed by atoms with Crippen LogP contribution in [0.2, 0.25) is 0 Å². The Morgan fingerprint density at radius 3 is 2.89 bits per heavy atom. The van der Waals surface area contributed by atoms with Gasteiger partial charge in [-0.05, 0) is 69.2 Å². The van der Waals surface area contributed by atoms with Gasteiger partial charge in [0.1, 0.15) is 5.82 Å². The second-order valence-electron chi connectivity index (χ2n) is 9.78. The molecular formula is C26H41FN4O5. The predicted molar refractivity (Wildman–Crippen MR) is 134 cm³/mol. The van der Waals surface area contributed by atoms with Gasteiger partial charge in [0.25, 0.3) is 0 Å². The zero-order chi connectivity index (χ0) is 25.8. The SMILES string of the molecule is CNCC(CC1CCCOCC1)NC(=O)N1CCCC(C(OCCNC(=O)O)c2cccc(F)c2)C1. The molecule has 2 heterocycles. The number of carbonyl (C=O) groups is 2. The number of benzene rings is 1. The van der Waals surface area contributed by atoms with E-state index in [0.717, 1.165) is 51.7 Å². The van der Waals surface area contributed by atoms with E-state index in [2.05, 4.69) is 16.0 Å². The topological polar surface area (TPSA) is 112 Å². The second kappa shape index (κ2) is 15.0. The van der Waals surface area contributed by atoms with Crippen molar-refractivity contribution in [2.75, 3.05) is 53.0 Å². The number of nitrogens with one attached hydrogen (secondary N) is 3. The van der Waals surface area contributed by atoms with Crippen LogP contribution in [0.1, 0.15) is 50.2 Å². The number of hydrogen-bond acceptors (Lipinski definition) is 5. The van der Waals surface area contributed by atoms with Gasteiger partial charge in [0.2, 0.25) is 0 Å². The number of rotatable bonds is 11. The molecule has 36 heavy (non-hydrogen) atoms. The number of urea groups is 1. The summed E-state index contributed by atoms with van der Waals surface area (Å²) in [7, 11) is 1.90. The van der Waals surface area contributed by atoms with Crippen molar-refractivity contribution in [1.29, 1.82) is 0 Å². The largest absolute Gasteiger partial charge is 0.465 e. The Hall–Kier alpha value is -2.43. The number of ether oxygens (including phenoxy) is 2. The zero-order valence-corrected chi connectivity index (χ0v) is 21.2. The number of halogens is 1. The summed E-state index contributed by atoms with van der Waals surface area (Å²) in [6.45, 7) is 3.73. The van der Waals surface area contributed by atoms with Gasteiger partial charge in [-0.1, -0.05) is 12.1 Å². The molecule has 202 valence electrons. The van der Waals surface area contributed by atoms with E-state index in [4.69, 9.17) is 14.6 Å². The molecule has 3 rings (SSSR count). The molecule has 0 bridgehead atoms. The van der Waals surface area contributed by atoms with Crippen molar-refractivity contribution in [1.82, 2.24) is 20.9 Å². The molecule has 1 aromatic carbocycles. The highest BCUT2D eigenvalue weighted by atomic mass is 19.1. The predicted octanol–water partition coefficient (Wildman–Crippen LogP) is 3.37. The molecule has 0 radical (unpaired) electrons. The monoisotopic (exact) mass is 508 g/mol. The van der Waals surface area contributed by atoms with Crippen LogP contribution < -0.4 is 16.0 Å². The quantitative estimate of drug-likeness (QED) is 0.341. The molecule has 2 aliphatic rings. The van der Waals surface area contributed by atoms with Crippen LogP contribution in [-0.2, 0) is 9.47 Å². The van der Waals surface area contributed by atoms with Crippen LogP contribution >= 0.6 is 0 Å². The summed E-state index contributed by atoms with van der Waals surface area (Å²) in [5, 5.41) is 17.6. The lowest BCUT2D eigenvalue weighted by atomic mass is 9.88. The molecule has 3 amide bonds. The Balaban J connectivity index is 1.62. The van der Waals surface area contributed by atoms with Gasteiger partial charge in [-0.15, -0.1) is 0 Å². The molecule has 0 spiro atoms.